The van der Waals surface area contributed by atoms with Crippen LogP contribution in [0.1, 0.15) is 17.3 Å². The summed E-state index contributed by atoms with van der Waals surface area (Å²) in [7, 11) is 0. The zero-order chi connectivity index (χ0) is 13.1. The molecule has 0 spiro atoms. The molecule has 94 valence electrons. The Labute approximate surface area is 95.1 Å². The van der Waals surface area contributed by atoms with Gasteiger partial charge in [-0.2, -0.15) is 0 Å². The summed E-state index contributed by atoms with van der Waals surface area (Å²) in [5, 5.41) is 0. The molecule has 0 radical (unpaired) electrons. The molecule has 4 nitrogen and oxygen atoms in total. The Bertz CT molecular complexity index is 418. The highest BCUT2D eigenvalue weighted by molar-refractivity contribution is 5.90. The van der Waals surface area contributed by atoms with E-state index in [-0.39, 0.29) is 17.9 Å². The smallest absolute Gasteiger partial charge is 0.462 e. The van der Waals surface area contributed by atoms with Crippen molar-refractivity contribution in [2.75, 3.05) is 12.3 Å². The number of nitrogen functional groups attached to an aromatic ring is 1. The van der Waals surface area contributed by atoms with E-state index in [2.05, 4.69) is 9.47 Å². The first-order valence-electron chi connectivity index (χ1n) is 4.66. The Hall–Kier alpha value is -1.92. The summed E-state index contributed by atoms with van der Waals surface area (Å²) in [6.45, 7) is 1.71. The van der Waals surface area contributed by atoms with E-state index in [4.69, 9.17) is 5.73 Å². The monoisotopic (exact) mass is 249 g/mol. The number of carbonyl (C=O) groups excluding carboxylic acids is 1. The number of benzene rings is 1. The van der Waals surface area contributed by atoms with Gasteiger partial charge in [0, 0.05) is 0 Å². The summed E-state index contributed by atoms with van der Waals surface area (Å²) in [6, 6.07) is 3.30. The second-order valence-corrected chi connectivity index (χ2v) is 3.02. The largest absolute Gasteiger partial charge is 0.573 e. The summed E-state index contributed by atoms with van der Waals surface area (Å²) in [5.74, 6) is -1.36. The third-order valence-electron chi connectivity index (χ3n) is 1.75. The maximum absolute atomic E-state index is 12.0. The Morgan fingerprint density at radius 1 is 1.41 bits per heavy atom. The molecule has 17 heavy (non-hydrogen) atoms. The van der Waals surface area contributed by atoms with E-state index in [9.17, 15) is 18.0 Å². The minimum Gasteiger partial charge on any atom is -0.462 e. The highest BCUT2D eigenvalue weighted by atomic mass is 19.4. The number of carbonyl (C=O) groups is 1. The van der Waals surface area contributed by atoms with Crippen LogP contribution in [0, 0.1) is 0 Å². The fraction of sp³-hybridized carbons (Fsp3) is 0.300. The second-order valence-electron chi connectivity index (χ2n) is 3.02. The third kappa shape index (κ3) is 3.86. The van der Waals surface area contributed by atoms with Gasteiger partial charge in [-0.15, -0.1) is 13.2 Å². The molecule has 0 bridgehead atoms. The van der Waals surface area contributed by atoms with Crippen molar-refractivity contribution in [3.05, 3.63) is 23.8 Å². The molecule has 0 aliphatic rings. The minimum absolute atomic E-state index is 0.0553. The van der Waals surface area contributed by atoms with Crippen molar-refractivity contribution in [1.29, 1.82) is 0 Å². The molecule has 0 aliphatic heterocycles. The van der Waals surface area contributed by atoms with Gasteiger partial charge in [0.15, 0.2) is 5.75 Å². The van der Waals surface area contributed by atoms with E-state index < -0.39 is 18.1 Å². The molecule has 0 aromatic heterocycles. The van der Waals surface area contributed by atoms with Gasteiger partial charge >= 0.3 is 12.3 Å². The van der Waals surface area contributed by atoms with Crippen molar-refractivity contribution >= 4 is 11.7 Å². The lowest BCUT2D eigenvalue weighted by atomic mass is 10.2. The van der Waals surface area contributed by atoms with Crippen molar-refractivity contribution in [1.82, 2.24) is 0 Å². The van der Waals surface area contributed by atoms with Crippen LogP contribution in [-0.2, 0) is 4.74 Å². The highest BCUT2D eigenvalue weighted by Gasteiger charge is 2.32. The van der Waals surface area contributed by atoms with Crippen LogP contribution in [0.4, 0.5) is 18.9 Å². The average Bonchev–Trinajstić information content (AvgIpc) is 2.19. The van der Waals surface area contributed by atoms with Crippen LogP contribution < -0.4 is 10.5 Å². The Morgan fingerprint density at radius 2 is 2.06 bits per heavy atom. The van der Waals surface area contributed by atoms with Gasteiger partial charge in [0.1, 0.15) is 0 Å². The maximum Gasteiger partial charge on any atom is 0.573 e. The molecular weight excluding hydrogens is 239 g/mol. The summed E-state index contributed by atoms with van der Waals surface area (Å²) in [4.78, 5) is 11.3. The number of hydrogen-bond acceptors (Lipinski definition) is 4. The fourth-order valence-corrected chi connectivity index (χ4v) is 1.09. The molecule has 1 rings (SSSR count). The fourth-order valence-electron chi connectivity index (χ4n) is 1.09. The first-order chi connectivity index (χ1) is 7.83. The molecule has 0 heterocycles. The predicted molar refractivity (Wildman–Crippen MR) is 53.5 cm³/mol. The highest BCUT2D eigenvalue weighted by Crippen LogP contribution is 2.29. The van der Waals surface area contributed by atoms with Crippen molar-refractivity contribution < 1.29 is 27.4 Å². The first kappa shape index (κ1) is 13.1. The standard InChI is InChI=1S/C10H10F3NO3/c1-2-16-9(15)6-3-4-7(14)8(5-6)17-10(11,12)13/h3-5H,2,14H2,1H3. The molecule has 1 aromatic carbocycles. The number of halogens is 3. The lowest BCUT2D eigenvalue weighted by Gasteiger charge is -2.12. The van der Waals surface area contributed by atoms with Gasteiger partial charge in [-0.25, -0.2) is 4.79 Å². The van der Waals surface area contributed by atoms with Gasteiger partial charge in [-0.3, -0.25) is 0 Å². The lowest BCUT2D eigenvalue weighted by molar-refractivity contribution is -0.274. The number of rotatable bonds is 3. The van der Waals surface area contributed by atoms with Crippen LogP contribution in [0.5, 0.6) is 5.75 Å². The van der Waals surface area contributed by atoms with Crippen LogP contribution in [0.15, 0.2) is 18.2 Å². The van der Waals surface area contributed by atoms with Gasteiger partial charge < -0.3 is 15.2 Å². The van der Waals surface area contributed by atoms with Gasteiger partial charge in [0.2, 0.25) is 0 Å². The maximum atomic E-state index is 12.0. The number of nitrogens with two attached hydrogens (primary N) is 1. The molecular formula is C10H10F3NO3. The van der Waals surface area contributed by atoms with Crippen LogP contribution in [0.2, 0.25) is 0 Å². The zero-order valence-corrected chi connectivity index (χ0v) is 8.88. The lowest BCUT2D eigenvalue weighted by Crippen LogP contribution is -2.18. The SMILES string of the molecule is CCOC(=O)c1ccc(N)c(OC(F)(F)F)c1. The van der Waals surface area contributed by atoms with Gasteiger partial charge in [-0.1, -0.05) is 0 Å². The van der Waals surface area contributed by atoms with E-state index in [1.54, 1.807) is 6.92 Å². The number of ether oxygens (including phenoxy) is 2. The number of alkyl halides is 3. The molecule has 7 heteroatoms. The quantitative estimate of drug-likeness (QED) is 0.659. The van der Waals surface area contributed by atoms with Crippen molar-refractivity contribution in [3.8, 4) is 5.75 Å². The van der Waals surface area contributed by atoms with Crippen LogP contribution in [0.3, 0.4) is 0 Å². The van der Waals surface area contributed by atoms with E-state index in [1.807, 2.05) is 0 Å². The van der Waals surface area contributed by atoms with Gasteiger partial charge in [-0.05, 0) is 25.1 Å². The predicted octanol–water partition coefficient (Wildman–Crippen LogP) is 2.34. The summed E-state index contributed by atoms with van der Waals surface area (Å²) in [6.07, 6.45) is -4.86. The topological polar surface area (TPSA) is 61.5 Å². The normalized spacial score (nSPS) is 11.1. The Kier molecular flexibility index (Phi) is 3.82. The van der Waals surface area contributed by atoms with E-state index in [1.165, 1.54) is 6.07 Å². The molecule has 0 aliphatic carbocycles. The summed E-state index contributed by atoms with van der Waals surface area (Å²) < 4.78 is 44.3. The van der Waals surface area contributed by atoms with E-state index >= 15 is 0 Å². The molecule has 1 aromatic rings. The molecule has 0 saturated heterocycles. The average molecular weight is 249 g/mol. The van der Waals surface area contributed by atoms with E-state index in [0.29, 0.717) is 0 Å². The molecule has 0 fully saturated rings. The first-order valence-corrected chi connectivity index (χ1v) is 4.66. The third-order valence-corrected chi connectivity index (χ3v) is 1.75. The van der Waals surface area contributed by atoms with Crippen LogP contribution in [0.25, 0.3) is 0 Å². The minimum atomic E-state index is -4.86. The Balaban J connectivity index is 2.98. The van der Waals surface area contributed by atoms with Crippen molar-refractivity contribution in [2.24, 2.45) is 0 Å². The molecule has 2 N–H and O–H groups in total. The second kappa shape index (κ2) is 4.94. The zero-order valence-electron chi connectivity index (χ0n) is 8.88. The molecule has 0 atom stereocenters. The van der Waals surface area contributed by atoms with Gasteiger partial charge in [0.05, 0.1) is 17.9 Å². The number of anilines is 1. The van der Waals surface area contributed by atoms with Crippen molar-refractivity contribution in [3.63, 3.8) is 0 Å². The molecule has 0 unspecified atom stereocenters. The van der Waals surface area contributed by atoms with Gasteiger partial charge in [0.25, 0.3) is 0 Å². The Morgan fingerprint density at radius 3 is 2.59 bits per heavy atom. The van der Waals surface area contributed by atoms with Crippen LogP contribution in [-0.4, -0.2) is 18.9 Å². The summed E-state index contributed by atoms with van der Waals surface area (Å²) in [5.41, 5.74) is 5.03. The number of hydrogen-bond donors (Lipinski definition) is 1. The van der Waals surface area contributed by atoms with E-state index in [0.717, 1.165) is 12.1 Å². The summed E-state index contributed by atoms with van der Waals surface area (Å²) >= 11 is 0. The number of esters is 1. The van der Waals surface area contributed by atoms with Crippen LogP contribution >= 0.6 is 0 Å². The van der Waals surface area contributed by atoms with Crippen molar-refractivity contribution in [2.45, 2.75) is 13.3 Å². The molecule has 0 saturated carbocycles. The molecule has 0 amide bonds.